The second-order valence-electron chi connectivity index (χ2n) is 5.70. The van der Waals surface area contributed by atoms with Gasteiger partial charge in [-0.25, -0.2) is 4.39 Å². The minimum atomic E-state index is -0.220. The molecule has 112 valence electrons. The molecule has 22 heavy (non-hydrogen) atoms. The van der Waals surface area contributed by atoms with Crippen LogP contribution in [0, 0.1) is 11.7 Å². The molecule has 2 aromatic rings. The van der Waals surface area contributed by atoms with Crippen LogP contribution in [0.1, 0.15) is 31.4 Å². The largest absolute Gasteiger partial charge is 0.314 e. The first kappa shape index (κ1) is 14.6. The van der Waals surface area contributed by atoms with Gasteiger partial charge in [0.25, 0.3) is 0 Å². The Morgan fingerprint density at radius 1 is 1.09 bits per heavy atom. The number of halogens is 1. The lowest BCUT2D eigenvalue weighted by Crippen LogP contribution is -2.27. The predicted molar refractivity (Wildman–Crippen MR) is 91.8 cm³/mol. The Kier molecular flexibility index (Phi) is 3.84. The van der Waals surface area contributed by atoms with E-state index in [1.165, 1.54) is 6.07 Å². The Balaban J connectivity index is 2.21. The third-order valence-corrected chi connectivity index (χ3v) is 4.30. The maximum atomic E-state index is 14.3. The van der Waals surface area contributed by atoms with Crippen LogP contribution in [0.3, 0.4) is 0 Å². The van der Waals surface area contributed by atoms with Gasteiger partial charge >= 0.3 is 0 Å². The molecular formula is C20H20FN. The summed E-state index contributed by atoms with van der Waals surface area (Å²) < 4.78 is 14.3. The highest BCUT2D eigenvalue weighted by Crippen LogP contribution is 2.40. The normalized spacial score (nSPS) is 15.3. The maximum absolute atomic E-state index is 14.3. The zero-order chi connectivity index (χ0) is 15.7. The van der Waals surface area contributed by atoms with Crippen molar-refractivity contribution in [1.82, 2.24) is 0 Å². The van der Waals surface area contributed by atoms with E-state index >= 15 is 0 Å². The van der Waals surface area contributed by atoms with Crippen molar-refractivity contribution < 1.29 is 4.39 Å². The Bertz CT molecular complexity index is 731. The molecule has 0 N–H and O–H groups in total. The Morgan fingerprint density at radius 2 is 1.82 bits per heavy atom. The van der Waals surface area contributed by atoms with Gasteiger partial charge in [-0.3, -0.25) is 0 Å². The molecular weight excluding hydrogens is 273 g/mol. The summed E-state index contributed by atoms with van der Waals surface area (Å²) in [5, 5.41) is 0. The third kappa shape index (κ3) is 2.35. The molecule has 0 amide bonds. The minimum absolute atomic E-state index is 0.220. The number of para-hydroxylation sites is 1. The molecule has 1 atom stereocenters. The molecule has 0 aromatic heterocycles. The van der Waals surface area contributed by atoms with Crippen molar-refractivity contribution in [3.8, 4) is 0 Å². The number of anilines is 1. The first-order chi connectivity index (χ1) is 10.6. The quantitative estimate of drug-likeness (QED) is 0.701. The third-order valence-electron chi connectivity index (χ3n) is 4.30. The van der Waals surface area contributed by atoms with E-state index in [0.717, 1.165) is 23.4 Å². The van der Waals surface area contributed by atoms with Gasteiger partial charge in [-0.2, -0.15) is 0 Å². The van der Waals surface area contributed by atoms with Gasteiger partial charge in [-0.05, 0) is 42.2 Å². The molecule has 1 nitrogen and oxygen atoms in total. The van der Waals surface area contributed by atoms with Gasteiger partial charge in [0.1, 0.15) is 5.82 Å². The molecule has 1 aliphatic heterocycles. The number of hydrogen-bond acceptors (Lipinski definition) is 1. The van der Waals surface area contributed by atoms with Crippen LogP contribution < -0.4 is 4.90 Å². The van der Waals surface area contributed by atoms with Crippen LogP contribution >= 0.6 is 0 Å². The number of rotatable bonds is 3. The fourth-order valence-electron chi connectivity index (χ4n) is 2.91. The standard InChI is InChI=1S/C20H20FN/c1-4-14(2)19-13-16-9-8-12-18(21)20(16)15(3)22(19)17-10-6-5-7-11-17/h5-14H,3-4H2,1-2H3. The van der Waals surface area contributed by atoms with Gasteiger partial charge in [0.2, 0.25) is 0 Å². The van der Waals surface area contributed by atoms with Crippen LogP contribution in [0.15, 0.2) is 60.8 Å². The van der Waals surface area contributed by atoms with Gasteiger partial charge < -0.3 is 4.90 Å². The summed E-state index contributed by atoms with van der Waals surface area (Å²) in [6.45, 7) is 8.55. The monoisotopic (exact) mass is 293 g/mol. The van der Waals surface area contributed by atoms with Gasteiger partial charge in [-0.15, -0.1) is 0 Å². The first-order valence-electron chi connectivity index (χ1n) is 7.68. The molecule has 2 aromatic carbocycles. The molecule has 2 heteroatoms. The zero-order valence-corrected chi connectivity index (χ0v) is 13.0. The van der Waals surface area contributed by atoms with Crippen LogP contribution in [0.2, 0.25) is 0 Å². The van der Waals surface area contributed by atoms with Crippen molar-refractivity contribution in [2.24, 2.45) is 5.92 Å². The lowest BCUT2D eigenvalue weighted by atomic mass is 9.92. The molecule has 0 saturated heterocycles. The molecule has 0 fully saturated rings. The van der Waals surface area contributed by atoms with E-state index in [4.69, 9.17) is 0 Å². The molecule has 0 spiro atoms. The van der Waals surface area contributed by atoms with Crippen molar-refractivity contribution in [1.29, 1.82) is 0 Å². The predicted octanol–water partition coefficient (Wildman–Crippen LogP) is 5.70. The van der Waals surface area contributed by atoms with Crippen LogP contribution in [0.5, 0.6) is 0 Å². The molecule has 0 saturated carbocycles. The molecule has 0 radical (unpaired) electrons. The summed E-state index contributed by atoms with van der Waals surface area (Å²) in [5.74, 6) is 0.149. The smallest absolute Gasteiger partial charge is 0.133 e. The minimum Gasteiger partial charge on any atom is -0.314 e. The molecule has 1 unspecified atom stereocenters. The lowest BCUT2D eigenvalue weighted by molar-refractivity contribution is 0.618. The topological polar surface area (TPSA) is 3.24 Å². The van der Waals surface area contributed by atoms with Crippen LogP contribution in [-0.2, 0) is 0 Å². The van der Waals surface area contributed by atoms with Crippen LogP contribution in [0.4, 0.5) is 10.1 Å². The second kappa shape index (κ2) is 5.80. The number of nitrogens with zero attached hydrogens (tertiary/aromatic N) is 1. The summed E-state index contributed by atoms with van der Waals surface area (Å²) in [6, 6.07) is 15.2. The molecule has 3 rings (SSSR count). The summed E-state index contributed by atoms with van der Waals surface area (Å²) in [7, 11) is 0. The number of allylic oxidation sites excluding steroid dienone is 1. The average molecular weight is 293 g/mol. The summed E-state index contributed by atoms with van der Waals surface area (Å²) in [5.41, 5.74) is 4.40. The van der Waals surface area contributed by atoms with E-state index in [9.17, 15) is 4.39 Å². The summed E-state index contributed by atoms with van der Waals surface area (Å²) in [6.07, 6.45) is 3.11. The highest BCUT2D eigenvalue weighted by atomic mass is 19.1. The van der Waals surface area contributed by atoms with E-state index in [2.05, 4.69) is 31.4 Å². The SMILES string of the molecule is C=C1c2c(F)cccc2C=C(C(C)CC)N1c1ccccc1. The van der Waals surface area contributed by atoms with Crippen LogP contribution in [0.25, 0.3) is 11.8 Å². The number of fused-ring (bicyclic) bond motifs is 1. The Hall–Kier alpha value is -2.35. The van der Waals surface area contributed by atoms with Crippen molar-refractivity contribution in [2.45, 2.75) is 20.3 Å². The van der Waals surface area contributed by atoms with Crippen molar-refractivity contribution in [2.75, 3.05) is 4.90 Å². The average Bonchev–Trinajstić information content (AvgIpc) is 2.54. The maximum Gasteiger partial charge on any atom is 0.133 e. The molecule has 0 bridgehead atoms. The molecule has 1 heterocycles. The van der Waals surface area contributed by atoms with E-state index < -0.39 is 0 Å². The summed E-state index contributed by atoms with van der Waals surface area (Å²) >= 11 is 0. The number of hydrogen-bond donors (Lipinski definition) is 0. The van der Waals surface area contributed by atoms with Crippen molar-refractivity contribution in [3.05, 3.63) is 77.8 Å². The van der Waals surface area contributed by atoms with Gasteiger partial charge in [0.15, 0.2) is 0 Å². The highest BCUT2D eigenvalue weighted by Gasteiger charge is 2.27. The van der Waals surface area contributed by atoms with E-state index in [1.807, 2.05) is 36.4 Å². The zero-order valence-electron chi connectivity index (χ0n) is 13.0. The highest BCUT2D eigenvalue weighted by molar-refractivity contribution is 5.91. The first-order valence-corrected chi connectivity index (χ1v) is 7.68. The van der Waals surface area contributed by atoms with Crippen molar-refractivity contribution in [3.63, 3.8) is 0 Å². The molecule has 1 aliphatic rings. The van der Waals surface area contributed by atoms with Crippen molar-refractivity contribution >= 4 is 17.5 Å². The van der Waals surface area contributed by atoms with E-state index in [1.54, 1.807) is 6.07 Å². The Labute approximate surface area is 131 Å². The number of benzene rings is 2. The lowest BCUT2D eigenvalue weighted by Gasteiger charge is -2.36. The van der Waals surface area contributed by atoms with Gasteiger partial charge in [0, 0.05) is 22.6 Å². The van der Waals surface area contributed by atoms with Gasteiger partial charge in [-0.1, -0.05) is 50.8 Å². The van der Waals surface area contributed by atoms with Gasteiger partial charge in [0.05, 0.1) is 0 Å². The Morgan fingerprint density at radius 3 is 2.50 bits per heavy atom. The van der Waals surface area contributed by atoms with E-state index in [0.29, 0.717) is 17.2 Å². The van der Waals surface area contributed by atoms with E-state index in [-0.39, 0.29) is 5.82 Å². The second-order valence-corrected chi connectivity index (χ2v) is 5.70. The fraction of sp³-hybridized carbons (Fsp3) is 0.200. The summed E-state index contributed by atoms with van der Waals surface area (Å²) in [4.78, 5) is 2.08. The van der Waals surface area contributed by atoms with Crippen LogP contribution in [-0.4, -0.2) is 0 Å². The fourth-order valence-corrected chi connectivity index (χ4v) is 2.91. The molecule has 0 aliphatic carbocycles.